The standard InChI is InChI=1S/C16H22N2O3/c1-16(2)9-12(11-5-3-4-6-14(11)21-16)18-8-7-17-10-13(18)15(19)20/h3-6,12-13,17H,7-10H2,1-2H3,(H,19,20). The van der Waals surface area contributed by atoms with E-state index >= 15 is 0 Å². The van der Waals surface area contributed by atoms with Crippen molar-refractivity contribution in [3.63, 3.8) is 0 Å². The van der Waals surface area contributed by atoms with Crippen molar-refractivity contribution in [1.82, 2.24) is 10.2 Å². The van der Waals surface area contributed by atoms with E-state index in [0.717, 1.165) is 30.8 Å². The number of para-hydroxylation sites is 1. The molecule has 0 aromatic heterocycles. The van der Waals surface area contributed by atoms with Gasteiger partial charge in [-0.2, -0.15) is 0 Å². The van der Waals surface area contributed by atoms with Crippen LogP contribution in [0.4, 0.5) is 0 Å². The van der Waals surface area contributed by atoms with Gasteiger partial charge in [-0.1, -0.05) is 18.2 Å². The molecule has 2 atom stereocenters. The molecule has 0 spiro atoms. The van der Waals surface area contributed by atoms with E-state index in [9.17, 15) is 9.90 Å². The summed E-state index contributed by atoms with van der Waals surface area (Å²) in [5.74, 6) is 0.116. The fourth-order valence-corrected chi connectivity index (χ4v) is 3.38. The summed E-state index contributed by atoms with van der Waals surface area (Å²) >= 11 is 0. The van der Waals surface area contributed by atoms with Crippen LogP contribution in [0.1, 0.15) is 31.9 Å². The zero-order valence-corrected chi connectivity index (χ0v) is 12.5. The maximum absolute atomic E-state index is 11.6. The van der Waals surface area contributed by atoms with E-state index in [0.29, 0.717) is 6.54 Å². The Morgan fingerprint density at radius 1 is 1.43 bits per heavy atom. The highest BCUT2D eigenvalue weighted by atomic mass is 16.5. The lowest BCUT2D eigenvalue weighted by Gasteiger charge is -2.46. The molecule has 0 aliphatic carbocycles. The van der Waals surface area contributed by atoms with Gasteiger partial charge in [0.2, 0.25) is 0 Å². The number of carboxylic acids is 1. The predicted molar refractivity (Wildman–Crippen MR) is 79.5 cm³/mol. The lowest BCUT2D eigenvalue weighted by molar-refractivity contribution is -0.146. The van der Waals surface area contributed by atoms with Crippen LogP contribution in [0, 0.1) is 0 Å². The molecule has 3 rings (SSSR count). The molecule has 1 aromatic carbocycles. The van der Waals surface area contributed by atoms with Crippen molar-refractivity contribution in [2.24, 2.45) is 0 Å². The fourth-order valence-electron chi connectivity index (χ4n) is 3.38. The summed E-state index contributed by atoms with van der Waals surface area (Å²) in [4.78, 5) is 13.7. The van der Waals surface area contributed by atoms with E-state index in [1.165, 1.54) is 0 Å². The van der Waals surface area contributed by atoms with Crippen LogP contribution in [-0.2, 0) is 4.79 Å². The summed E-state index contributed by atoms with van der Waals surface area (Å²) in [6.45, 7) is 6.19. The van der Waals surface area contributed by atoms with Crippen molar-refractivity contribution in [2.75, 3.05) is 19.6 Å². The first kappa shape index (κ1) is 14.4. The number of hydrogen-bond acceptors (Lipinski definition) is 4. The Labute approximate surface area is 124 Å². The molecule has 1 fully saturated rings. The van der Waals surface area contributed by atoms with E-state index in [1.807, 2.05) is 18.2 Å². The third kappa shape index (κ3) is 2.76. The van der Waals surface area contributed by atoms with Gasteiger partial charge in [-0.3, -0.25) is 9.69 Å². The number of hydrogen-bond donors (Lipinski definition) is 2. The van der Waals surface area contributed by atoms with Crippen LogP contribution in [0.25, 0.3) is 0 Å². The number of aliphatic carboxylic acids is 1. The minimum Gasteiger partial charge on any atom is -0.487 e. The van der Waals surface area contributed by atoms with Crippen LogP contribution in [-0.4, -0.2) is 47.3 Å². The molecule has 2 unspecified atom stereocenters. The molecule has 0 bridgehead atoms. The highest BCUT2D eigenvalue weighted by molar-refractivity contribution is 5.74. The lowest BCUT2D eigenvalue weighted by Crippen LogP contribution is -2.57. The summed E-state index contributed by atoms with van der Waals surface area (Å²) in [5.41, 5.74) is 0.817. The van der Waals surface area contributed by atoms with E-state index < -0.39 is 12.0 Å². The summed E-state index contributed by atoms with van der Waals surface area (Å²) in [7, 11) is 0. The molecule has 21 heavy (non-hydrogen) atoms. The molecule has 114 valence electrons. The van der Waals surface area contributed by atoms with Gasteiger partial charge in [0.25, 0.3) is 0 Å². The average Bonchev–Trinajstić information content (AvgIpc) is 2.45. The molecular formula is C16H22N2O3. The maximum Gasteiger partial charge on any atom is 0.322 e. The van der Waals surface area contributed by atoms with Gasteiger partial charge in [-0.15, -0.1) is 0 Å². The van der Waals surface area contributed by atoms with E-state index in [-0.39, 0.29) is 11.6 Å². The third-order valence-corrected chi connectivity index (χ3v) is 4.32. The average molecular weight is 290 g/mol. The molecule has 5 nitrogen and oxygen atoms in total. The molecule has 2 aliphatic rings. The number of ether oxygens (including phenoxy) is 1. The smallest absolute Gasteiger partial charge is 0.322 e. The number of carboxylic acid groups (broad SMARTS) is 1. The molecule has 5 heteroatoms. The Morgan fingerprint density at radius 2 is 2.19 bits per heavy atom. The number of piperazine rings is 1. The highest BCUT2D eigenvalue weighted by Gasteiger charge is 2.41. The molecule has 0 amide bonds. The second-order valence-electron chi connectivity index (χ2n) is 6.42. The van der Waals surface area contributed by atoms with Crippen molar-refractivity contribution in [2.45, 2.75) is 38.0 Å². The van der Waals surface area contributed by atoms with Gasteiger partial charge in [0, 0.05) is 37.7 Å². The molecule has 2 heterocycles. The molecule has 0 saturated carbocycles. The Hall–Kier alpha value is -1.59. The Balaban J connectivity index is 1.98. The lowest BCUT2D eigenvalue weighted by atomic mass is 9.87. The van der Waals surface area contributed by atoms with Gasteiger partial charge < -0.3 is 15.2 Å². The summed E-state index contributed by atoms with van der Waals surface area (Å²) < 4.78 is 6.05. The SMILES string of the molecule is CC1(C)CC(N2CCNCC2C(=O)O)c2ccccc2O1. The van der Waals surface area contributed by atoms with Crippen LogP contribution in [0.15, 0.2) is 24.3 Å². The van der Waals surface area contributed by atoms with Crippen molar-refractivity contribution < 1.29 is 14.6 Å². The third-order valence-electron chi connectivity index (χ3n) is 4.32. The number of rotatable bonds is 2. The number of carbonyl (C=O) groups is 1. The Morgan fingerprint density at radius 3 is 2.95 bits per heavy atom. The predicted octanol–water partition coefficient (Wildman–Crippen LogP) is 1.65. The topological polar surface area (TPSA) is 61.8 Å². The Kier molecular flexibility index (Phi) is 3.63. The van der Waals surface area contributed by atoms with Crippen molar-refractivity contribution in [1.29, 1.82) is 0 Å². The van der Waals surface area contributed by atoms with Crippen molar-refractivity contribution >= 4 is 5.97 Å². The highest BCUT2D eigenvalue weighted by Crippen LogP contribution is 2.43. The number of benzene rings is 1. The first-order valence-electron chi connectivity index (χ1n) is 7.45. The quantitative estimate of drug-likeness (QED) is 0.867. The minimum absolute atomic E-state index is 0.0909. The van der Waals surface area contributed by atoms with Crippen LogP contribution >= 0.6 is 0 Å². The monoisotopic (exact) mass is 290 g/mol. The first-order valence-corrected chi connectivity index (χ1v) is 7.45. The first-order chi connectivity index (χ1) is 9.98. The normalized spacial score (nSPS) is 28.5. The molecule has 2 aliphatic heterocycles. The van der Waals surface area contributed by atoms with Gasteiger partial charge >= 0.3 is 5.97 Å². The van der Waals surface area contributed by atoms with E-state index in [1.54, 1.807) is 0 Å². The zero-order valence-electron chi connectivity index (χ0n) is 12.5. The maximum atomic E-state index is 11.6. The number of nitrogens with one attached hydrogen (secondary N) is 1. The summed E-state index contributed by atoms with van der Waals surface area (Å²) in [6, 6.07) is 7.59. The van der Waals surface area contributed by atoms with Gasteiger partial charge in [-0.05, 0) is 19.9 Å². The number of fused-ring (bicyclic) bond motifs is 1. The molecule has 1 saturated heterocycles. The van der Waals surface area contributed by atoms with Crippen LogP contribution in [0.3, 0.4) is 0 Å². The fraction of sp³-hybridized carbons (Fsp3) is 0.562. The minimum atomic E-state index is -0.760. The van der Waals surface area contributed by atoms with Gasteiger partial charge in [0.1, 0.15) is 17.4 Å². The van der Waals surface area contributed by atoms with Crippen molar-refractivity contribution in [3.8, 4) is 5.75 Å². The van der Waals surface area contributed by atoms with E-state index in [4.69, 9.17) is 4.74 Å². The van der Waals surface area contributed by atoms with Crippen LogP contribution < -0.4 is 10.1 Å². The van der Waals surface area contributed by atoms with Crippen LogP contribution in [0.2, 0.25) is 0 Å². The van der Waals surface area contributed by atoms with Gasteiger partial charge in [0.05, 0.1) is 0 Å². The molecule has 2 N–H and O–H groups in total. The molecule has 0 radical (unpaired) electrons. The van der Waals surface area contributed by atoms with Crippen molar-refractivity contribution in [3.05, 3.63) is 29.8 Å². The second-order valence-corrected chi connectivity index (χ2v) is 6.42. The molecule has 1 aromatic rings. The molecular weight excluding hydrogens is 268 g/mol. The van der Waals surface area contributed by atoms with Gasteiger partial charge in [0.15, 0.2) is 0 Å². The van der Waals surface area contributed by atoms with E-state index in [2.05, 4.69) is 30.1 Å². The summed E-state index contributed by atoms with van der Waals surface area (Å²) in [6.07, 6.45) is 0.799. The van der Waals surface area contributed by atoms with Gasteiger partial charge in [-0.25, -0.2) is 0 Å². The Bertz CT molecular complexity index is 544. The largest absolute Gasteiger partial charge is 0.487 e. The van der Waals surface area contributed by atoms with Crippen LogP contribution in [0.5, 0.6) is 5.75 Å². The number of nitrogens with zero attached hydrogens (tertiary/aromatic N) is 1. The zero-order chi connectivity index (χ0) is 15.0. The second kappa shape index (κ2) is 5.31. The summed E-state index contributed by atoms with van der Waals surface area (Å²) in [5, 5.41) is 12.7.